The first-order valence-corrected chi connectivity index (χ1v) is 6.55. The van der Waals surface area contributed by atoms with Crippen molar-refractivity contribution in [1.29, 1.82) is 0 Å². The summed E-state index contributed by atoms with van der Waals surface area (Å²) < 4.78 is 19.1. The number of pyridine rings is 2. The molecule has 0 fully saturated rings. The van der Waals surface area contributed by atoms with Gasteiger partial charge in [-0.1, -0.05) is 0 Å². The highest BCUT2D eigenvalue weighted by Gasteiger charge is 2.09. The molecule has 0 saturated heterocycles. The van der Waals surface area contributed by atoms with Crippen LogP contribution in [0.25, 0.3) is 0 Å². The fourth-order valence-electron chi connectivity index (χ4n) is 1.66. The van der Waals surface area contributed by atoms with Gasteiger partial charge in [0.25, 0.3) is 5.88 Å². The minimum Gasteiger partial charge on any atom is -0.476 e. The van der Waals surface area contributed by atoms with Gasteiger partial charge in [0, 0.05) is 24.2 Å². The van der Waals surface area contributed by atoms with E-state index in [1.807, 2.05) is 12.1 Å². The molecule has 0 atom stereocenters. The lowest BCUT2D eigenvalue weighted by molar-refractivity contribution is 0.282. The summed E-state index contributed by atoms with van der Waals surface area (Å²) in [4.78, 5) is 7.81. The molecule has 100 valence electrons. The second-order valence-corrected chi connectivity index (χ2v) is 4.30. The maximum Gasteiger partial charge on any atom is 0.250 e. The second-order valence-electron chi connectivity index (χ2n) is 4.03. The van der Waals surface area contributed by atoms with Gasteiger partial charge in [-0.3, -0.25) is 4.98 Å². The van der Waals surface area contributed by atoms with E-state index in [1.54, 1.807) is 18.5 Å². The van der Waals surface area contributed by atoms with Gasteiger partial charge in [0.2, 0.25) is 0 Å². The summed E-state index contributed by atoms with van der Waals surface area (Å²) in [6.07, 6.45) is 6.65. The number of aryl methyl sites for hydroxylation is 1. The highest BCUT2D eigenvalue weighted by Crippen LogP contribution is 2.19. The maximum atomic E-state index is 13.7. The molecule has 0 unspecified atom stereocenters. The Morgan fingerprint density at radius 2 is 1.95 bits per heavy atom. The van der Waals surface area contributed by atoms with Crippen LogP contribution in [-0.4, -0.2) is 16.6 Å². The number of aromatic nitrogens is 2. The first-order chi connectivity index (χ1) is 9.31. The summed E-state index contributed by atoms with van der Waals surface area (Å²) in [5.41, 5.74) is 1.59. The van der Waals surface area contributed by atoms with E-state index in [0.29, 0.717) is 12.2 Å². The zero-order valence-electron chi connectivity index (χ0n) is 10.4. The summed E-state index contributed by atoms with van der Waals surface area (Å²) >= 11 is 5.62. The van der Waals surface area contributed by atoms with Crippen molar-refractivity contribution in [2.45, 2.75) is 18.7 Å². The second kappa shape index (κ2) is 7.04. The molecule has 2 heterocycles. The van der Waals surface area contributed by atoms with Crippen molar-refractivity contribution in [3.8, 4) is 5.88 Å². The van der Waals surface area contributed by atoms with Gasteiger partial charge in [0.15, 0.2) is 5.82 Å². The van der Waals surface area contributed by atoms with Gasteiger partial charge in [-0.25, -0.2) is 9.37 Å². The number of alkyl halides is 1. The Morgan fingerprint density at radius 1 is 1.16 bits per heavy atom. The van der Waals surface area contributed by atoms with Gasteiger partial charge in [0.1, 0.15) is 0 Å². The van der Waals surface area contributed by atoms with E-state index < -0.39 is 5.82 Å². The van der Waals surface area contributed by atoms with E-state index in [-0.39, 0.29) is 11.8 Å². The molecule has 0 N–H and O–H groups in total. The fraction of sp³-hybridized carbons (Fsp3) is 0.286. The van der Waals surface area contributed by atoms with E-state index >= 15 is 0 Å². The highest BCUT2D eigenvalue weighted by molar-refractivity contribution is 6.17. The molecular weight excluding hydrogens is 267 g/mol. The van der Waals surface area contributed by atoms with E-state index in [4.69, 9.17) is 16.3 Å². The zero-order chi connectivity index (χ0) is 13.5. The molecule has 2 aromatic rings. The Hall–Kier alpha value is -1.68. The van der Waals surface area contributed by atoms with Crippen LogP contribution in [0.15, 0.2) is 36.8 Å². The summed E-state index contributed by atoms with van der Waals surface area (Å²) in [5.74, 6) is -0.337. The predicted octanol–water partition coefficient (Wildman–Crippen LogP) is 3.37. The van der Waals surface area contributed by atoms with Crippen LogP contribution in [0.5, 0.6) is 5.88 Å². The Balaban J connectivity index is 1.83. The van der Waals surface area contributed by atoms with Crippen LogP contribution >= 0.6 is 11.6 Å². The molecule has 0 aliphatic carbocycles. The molecule has 2 rings (SSSR count). The average Bonchev–Trinajstić information content (AvgIpc) is 2.46. The lowest BCUT2D eigenvalue weighted by atomic mass is 10.1. The molecule has 0 bridgehead atoms. The van der Waals surface area contributed by atoms with E-state index in [2.05, 4.69) is 9.97 Å². The third-order valence-corrected chi connectivity index (χ3v) is 2.97. The summed E-state index contributed by atoms with van der Waals surface area (Å²) in [7, 11) is 0. The lowest BCUT2D eigenvalue weighted by Gasteiger charge is -2.07. The zero-order valence-corrected chi connectivity index (χ0v) is 11.1. The predicted molar refractivity (Wildman–Crippen MR) is 71.8 cm³/mol. The minimum absolute atomic E-state index is 0.0212. The number of nitrogens with zero attached hydrogens (tertiary/aromatic N) is 2. The van der Waals surface area contributed by atoms with Gasteiger partial charge in [-0.2, -0.15) is 0 Å². The highest BCUT2D eigenvalue weighted by atomic mass is 35.5. The number of hydrogen-bond acceptors (Lipinski definition) is 3. The van der Waals surface area contributed by atoms with Crippen LogP contribution in [-0.2, 0) is 12.3 Å². The standard InChI is InChI=1S/C14H14ClFN2O/c15-10-12-5-8-18-14(13(12)16)19-9-1-2-11-3-6-17-7-4-11/h3-8H,1-2,9-10H2. The van der Waals surface area contributed by atoms with Crippen LogP contribution in [0.1, 0.15) is 17.5 Å². The van der Waals surface area contributed by atoms with Crippen molar-refractivity contribution in [1.82, 2.24) is 9.97 Å². The molecular formula is C14H14ClFN2O. The molecule has 0 aliphatic heterocycles. The maximum absolute atomic E-state index is 13.7. The smallest absolute Gasteiger partial charge is 0.250 e. The van der Waals surface area contributed by atoms with Crippen molar-refractivity contribution in [2.24, 2.45) is 0 Å². The molecule has 0 aliphatic rings. The Labute approximate surface area is 116 Å². The van der Waals surface area contributed by atoms with Gasteiger partial charge in [0.05, 0.1) is 12.5 Å². The lowest BCUT2D eigenvalue weighted by Crippen LogP contribution is -2.04. The molecule has 3 nitrogen and oxygen atoms in total. The van der Waals surface area contributed by atoms with E-state index in [1.165, 1.54) is 11.8 Å². The molecule has 0 radical (unpaired) electrons. The van der Waals surface area contributed by atoms with Crippen LogP contribution < -0.4 is 4.74 Å². The molecule has 5 heteroatoms. The molecule has 0 spiro atoms. The molecule has 0 saturated carbocycles. The largest absolute Gasteiger partial charge is 0.476 e. The quantitative estimate of drug-likeness (QED) is 0.601. The SMILES string of the molecule is Fc1c(CCl)ccnc1OCCCc1ccncc1. The number of halogens is 2. The van der Waals surface area contributed by atoms with Crippen molar-refractivity contribution in [3.63, 3.8) is 0 Å². The van der Waals surface area contributed by atoms with Gasteiger partial charge < -0.3 is 4.74 Å². The number of hydrogen-bond donors (Lipinski definition) is 0. The van der Waals surface area contributed by atoms with Crippen molar-refractivity contribution >= 4 is 11.6 Å². The Bertz CT molecular complexity index is 522. The van der Waals surface area contributed by atoms with E-state index in [9.17, 15) is 4.39 Å². The van der Waals surface area contributed by atoms with Crippen LogP contribution in [0.2, 0.25) is 0 Å². The topological polar surface area (TPSA) is 35.0 Å². The van der Waals surface area contributed by atoms with Crippen molar-refractivity contribution in [3.05, 3.63) is 53.7 Å². The first-order valence-electron chi connectivity index (χ1n) is 6.02. The monoisotopic (exact) mass is 280 g/mol. The summed E-state index contributed by atoms with van der Waals surface area (Å²) in [6.45, 7) is 0.415. The first kappa shape index (κ1) is 13.7. The molecule has 0 amide bonds. The Morgan fingerprint density at radius 3 is 2.68 bits per heavy atom. The summed E-state index contributed by atoms with van der Waals surface area (Å²) in [5, 5.41) is 0. The van der Waals surface area contributed by atoms with Gasteiger partial charge in [-0.15, -0.1) is 11.6 Å². The van der Waals surface area contributed by atoms with Gasteiger partial charge in [-0.05, 0) is 36.6 Å². The van der Waals surface area contributed by atoms with Crippen LogP contribution in [0.4, 0.5) is 4.39 Å². The summed E-state index contributed by atoms with van der Waals surface area (Å²) in [6, 6.07) is 5.45. The van der Waals surface area contributed by atoms with Gasteiger partial charge >= 0.3 is 0 Å². The van der Waals surface area contributed by atoms with Crippen LogP contribution in [0.3, 0.4) is 0 Å². The average molecular weight is 281 g/mol. The number of rotatable bonds is 6. The third kappa shape index (κ3) is 3.89. The normalized spacial score (nSPS) is 10.4. The van der Waals surface area contributed by atoms with Crippen LogP contribution in [0, 0.1) is 5.82 Å². The molecule has 0 aromatic carbocycles. The Kier molecular flexibility index (Phi) is 5.10. The fourth-order valence-corrected chi connectivity index (χ4v) is 1.87. The minimum atomic E-state index is -0.471. The molecule has 19 heavy (non-hydrogen) atoms. The van der Waals surface area contributed by atoms with E-state index in [0.717, 1.165) is 12.8 Å². The van der Waals surface area contributed by atoms with Crippen molar-refractivity contribution < 1.29 is 9.13 Å². The molecule has 2 aromatic heterocycles. The van der Waals surface area contributed by atoms with Crippen molar-refractivity contribution in [2.75, 3.05) is 6.61 Å². The number of ether oxygens (including phenoxy) is 1. The third-order valence-electron chi connectivity index (χ3n) is 2.68.